The van der Waals surface area contributed by atoms with Crippen LogP contribution >= 0.6 is 11.3 Å². The van der Waals surface area contributed by atoms with E-state index < -0.39 is 0 Å². The zero-order valence-electron chi connectivity index (χ0n) is 31.2. The normalized spacial score (nSPS) is 12.5. The zero-order chi connectivity index (χ0) is 38.1. The van der Waals surface area contributed by atoms with E-state index in [0.29, 0.717) is 12.5 Å². The van der Waals surface area contributed by atoms with Gasteiger partial charge in [-0.25, -0.2) is 9.98 Å². The monoisotopic (exact) mass is 750 g/mol. The minimum Gasteiger partial charge on any atom is -0.327 e. The molecular weight excluding hydrogens is 713 g/mol. The minimum atomic E-state index is -0.376. The maximum absolute atomic E-state index is 5.18. The van der Waals surface area contributed by atoms with Crippen LogP contribution in [-0.4, -0.2) is 17.1 Å². The third-order valence-corrected chi connectivity index (χ3v) is 12.1. The summed E-state index contributed by atoms with van der Waals surface area (Å²) in [5.74, 6) is 0.596. The topological polar surface area (TPSA) is 41.7 Å². The summed E-state index contributed by atoms with van der Waals surface area (Å²) >= 11 is 1.88. The zero-order valence-corrected chi connectivity index (χ0v) is 32.0. The fourth-order valence-electron chi connectivity index (χ4n) is 8.05. The Hall–Kier alpha value is -6.92. The quantitative estimate of drug-likeness (QED) is 0.116. The van der Waals surface area contributed by atoms with Gasteiger partial charge in [0.05, 0.1) is 17.7 Å². The Bertz CT molecular complexity index is 3070. The number of hydrogen-bond donors (Lipinski definition) is 1. The lowest BCUT2D eigenvalue weighted by Crippen LogP contribution is -2.24. The molecule has 0 spiro atoms. The summed E-state index contributed by atoms with van der Waals surface area (Å²) in [6.45, 7) is 4.43. The van der Waals surface area contributed by atoms with Crippen molar-refractivity contribution in [2.75, 3.05) is 0 Å². The summed E-state index contributed by atoms with van der Waals surface area (Å²) in [7, 11) is 0. The molecule has 0 aliphatic heterocycles. The molecule has 272 valence electrons. The van der Waals surface area contributed by atoms with Gasteiger partial charge in [0.2, 0.25) is 0 Å². The van der Waals surface area contributed by atoms with Crippen LogP contribution in [0, 0.1) is 0 Å². The van der Waals surface area contributed by atoms with Crippen molar-refractivity contribution in [2.45, 2.75) is 12.8 Å². The molecule has 0 amide bonds. The summed E-state index contributed by atoms with van der Waals surface area (Å²) in [6, 6.07) is 69.0. The molecule has 10 rings (SSSR count). The number of fused-ring (bicyclic) bond motifs is 6. The van der Waals surface area contributed by atoms with Crippen molar-refractivity contribution in [2.24, 2.45) is 9.98 Å². The van der Waals surface area contributed by atoms with Crippen molar-refractivity contribution in [1.82, 2.24) is 9.88 Å². The molecule has 1 atom stereocenters. The van der Waals surface area contributed by atoms with Gasteiger partial charge in [0.1, 0.15) is 6.17 Å². The number of hydrogen-bond acceptors (Lipinski definition) is 3. The Balaban J connectivity index is 1.03. The predicted octanol–water partition coefficient (Wildman–Crippen LogP) is 13.6. The van der Waals surface area contributed by atoms with Crippen LogP contribution in [0.2, 0.25) is 0 Å². The third-order valence-electron chi connectivity index (χ3n) is 10.9. The highest BCUT2D eigenvalue weighted by atomic mass is 32.1. The van der Waals surface area contributed by atoms with Gasteiger partial charge in [0, 0.05) is 36.5 Å². The molecule has 1 unspecified atom stereocenters. The number of rotatable bonds is 9. The Morgan fingerprint density at radius 1 is 0.526 bits per heavy atom. The van der Waals surface area contributed by atoms with Gasteiger partial charge < -0.3 is 4.57 Å². The van der Waals surface area contributed by atoms with Crippen LogP contribution in [0.5, 0.6) is 0 Å². The van der Waals surface area contributed by atoms with E-state index in [1.807, 2.05) is 47.7 Å². The molecule has 0 saturated heterocycles. The summed E-state index contributed by atoms with van der Waals surface area (Å²) < 4.78 is 4.98. The highest BCUT2D eigenvalue weighted by molar-refractivity contribution is 7.26. The molecule has 8 aromatic carbocycles. The maximum atomic E-state index is 5.18. The van der Waals surface area contributed by atoms with Gasteiger partial charge in [-0.05, 0) is 76.0 Å². The largest absolute Gasteiger partial charge is 0.327 e. The van der Waals surface area contributed by atoms with Crippen molar-refractivity contribution < 1.29 is 0 Å². The lowest BCUT2D eigenvalue weighted by Gasteiger charge is -2.19. The van der Waals surface area contributed by atoms with Crippen LogP contribution < -0.4 is 5.32 Å². The summed E-state index contributed by atoms with van der Waals surface area (Å²) in [5, 5.41) is 8.85. The third kappa shape index (κ3) is 6.53. The minimum absolute atomic E-state index is 0.376. The molecule has 0 saturated carbocycles. The van der Waals surface area contributed by atoms with E-state index in [1.54, 1.807) is 0 Å². The highest BCUT2D eigenvalue weighted by Gasteiger charge is 2.18. The van der Waals surface area contributed by atoms with Crippen LogP contribution in [0.15, 0.2) is 204 Å². The lowest BCUT2D eigenvalue weighted by molar-refractivity contribution is 0.491. The molecule has 0 bridgehead atoms. The molecule has 0 radical (unpaired) electrons. The summed E-state index contributed by atoms with van der Waals surface area (Å²) in [6.07, 6.45) is -0.376. The lowest BCUT2D eigenvalue weighted by atomic mass is 9.99. The number of nitrogens with zero attached hydrogens (tertiary/aromatic N) is 3. The number of thiophene rings is 1. The fraction of sp³-hybridized carbons (Fsp3) is 0.0385. The van der Waals surface area contributed by atoms with E-state index in [-0.39, 0.29) is 6.17 Å². The second-order valence-corrected chi connectivity index (χ2v) is 15.3. The number of aliphatic imine (C=N–C) groups is 2. The van der Waals surface area contributed by atoms with E-state index in [9.17, 15) is 0 Å². The molecule has 5 heteroatoms. The smallest absolute Gasteiger partial charge is 0.155 e. The summed E-state index contributed by atoms with van der Waals surface area (Å²) in [4.78, 5) is 9.56. The fourth-order valence-corrected chi connectivity index (χ4v) is 9.27. The number of aromatic nitrogens is 1. The Labute approximate surface area is 335 Å². The number of amidine groups is 1. The standard InChI is InChI=1S/C52H38N4S/c1-53-51(38-18-9-4-10-19-38)55-52(39-26-24-37(25-27-39)35-14-5-2-6-15-35)54-34-56-47-23-12-11-20-43(47)45-33-41(28-30-48(45)56)42-21-13-22-44-46-32-40(36-16-7-3-8-17-36)29-31-49(46)57-50(42)44/h2-33,52,54H,1,34H2. The average molecular weight is 751 g/mol. The number of nitrogens with one attached hydrogen (secondary N) is 1. The van der Waals surface area contributed by atoms with Gasteiger partial charge >= 0.3 is 0 Å². The Morgan fingerprint density at radius 2 is 1.12 bits per heavy atom. The van der Waals surface area contributed by atoms with E-state index >= 15 is 0 Å². The number of para-hydroxylation sites is 1. The molecular formula is C52H38N4S. The van der Waals surface area contributed by atoms with Crippen LogP contribution in [-0.2, 0) is 6.67 Å². The molecule has 2 heterocycles. The molecule has 0 aliphatic carbocycles. The first kappa shape index (κ1) is 34.6. The van der Waals surface area contributed by atoms with Crippen LogP contribution in [0.4, 0.5) is 0 Å². The molecule has 1 N–H and O–H groups in total. The van der Waals surface area contributed by atoms with Crippen LogP contribution in [0.3, 0.4) is 0 Å². The van der Waals surface area contributed by atoms with Crippen molar-refractivity contribution >= 4 is 65.9 Å². The first-order chi connectivity index (χ1) is 28.2. The molecule has 0 aliphatic rings. The molecule has 2 aromatic heterocycles. The van der Waals surface area contributed by atoms with E-state index in [0.717, 1.165) is 27.7 Å². The molecule has 57 heavy (non-hydrogen) atoms. The first-order valence-electron chi connectivity index (χ1n) is 19.2. The second kappa shape index (κ2) is 15.0. The van der Waals surface area contributed by atoms with E-state index in [1.165, 1.54) is 58.8 Å². The van der Waals surface area contributed by atoms with E-state index in [2.05, 4.69) is 179 Å². The van der Waals surface area contributed by atoms with Crippen molar-refractivity contribution in [1.29, 1.82) is 0 Å². The Kier molecular flexibility index (Phi) is 9.07. The van der Waals surface area contributed by atoms with Crippen LogP contribution in [0.1, 0.15) is 17.3 Å². The molecule has 10 aromatic rings. The van der Waals surface area contributed by atoms with Gasteiger partial charge in [-0.1, -0.05) is 164 Å². The number of benzene rings is 8. The van der Waals surface area contributed by atoms with Gasteiger partial charge in [0.15, 0.2) is 5.84 Å². The van der Waals surface area contributed by atoms with Crippen molar-refractivity contribution in [3.63, 3.8) is 0 Å². The van der Waals surface area contributed by atoms with Gasteiger partial charge in [0.25, 0.3) is 0 Å². The van der Waals surface area contributed by atoms with E-state index in [4.69, 9.17) is 4.99 Å². The average Bonchev–Trinajstić information content (AvgIpc) is 3.82. The highest BCUT2D eigenvalue weighted by Crippen LogP contribution is 2.42. The SMILES string of the molecule is C=NC(=NC(NCn1c2ccccc2c2cc(-c3cccc4c3sc3ccc(-c5ccccc5)cc34)ccc21)c1ccc(-c2ccccc2)cc1)c1ccccc1. The maximum Gasteiger partial charge on any atom is 0.155 e. The van der Waals surface area contributed by atoms with Crippen LogP contribution in [0.25, 0.3) is 75.4 Å². The van der Waals surface area contributed by atoms with Gasteiger partial charge in [-0.2, -0.15) is 0 Å². The van der Waals surface area contributed by atoms with Gasteiger partial charge in [-0.3, -0.25) is 5.32 Å². The van der Waals surface area contributed by atoms with Crippen molar-refractivity contribution in [3.8, 4) is 33.4 Å². The summed E-state index contributed by atoms with van der Waals surface area (Å²) in [5.41, 5.74) is 11.6. The first-order valence-corrected chi connectivity index (χ1v) is 20.0. The Morgan fingerprint density at radius 3 is 1.88 bits per heavy atom. The predicted molar refractivity (Wildman–Crippen MR) is 243 cm³/mol. The second-order valence-electron chi connectivity index (χ2n) is 14.3. The molecule has 4 nitrogen and oxygen atoms in total. The van der Waals surface area contributed by atoms with Gasteiger partial charge in [-0.15, -0.1) is 11.3 Å². The van der Waals surface area contributed by atoms with Crippen molar-refractivity contribution in [3.05, 3.63) is 205 Å². The molecule has 0 fully saturated rings.